The number of fused-ring (bicyclic) bond motifs is 2. The SMILES string of the molecule is O=C1C(c2ccc3ccccc3c2)=[N+]([O-])c2cc(C(F)(F)F)ccc21. The number of nitrogens with zero attached hydrogens (tertiary/aromatic N) is 1. The monoisotopic (exact) mass is 341 g/mol. The zero-order chi connectivity index (χ0) is 17.8. The highest BCUT2D eigenvalue weighted by molar-refractivity contribution is 6.52. The van der Waals surface area contributed by atoms with Crippen molar-refractivity contribution in [3.05, 3.63) is 82.6 Å². The van der Waals surface area contributed by atoms with Crippen molar-refractivity contribution < 1.29 is 22.7 Å². The molecule has 0 amide bonds. The largest absolute Gasteiger partial charge is 0.618 e. The molecule has 3 aromatic carbocycles. The van der Waals surface area contributed by atoms with E-state index in [1.165, 1.54) is 0 Å². The number of alkyl halides is 3. The number of halogens is 3. The predicted molar refractivity (Wildman–Crippen MR) is 87.1 cm³/mol. The summed E-state index contributed by atoms with van der Waals surface area (Å²) in [5.74, 6) is -0.575. The van der Waals surface area contributed by atoms with Gasteiger partial charge in [-0.2, -0.15) is 17.9 Å². The predicted octanol–water partition coefficient (Wildman–Crippen LogP) is 4.69. The molecule has 1 aliphatic heterocycles. The van der Waals surface area contributed by atoms with Gasteiger partial charge < -0.3 is 5.21 Å². The molecule has 1 aliphatic rings. The highest BCUT2D eigenvalue weighted by Gasteiger charge is 2.40. The van der Waals surface area contributed by atoms with E-state index in [0.29, 0.717) is 11.6 Å². The van der Waals surface area contributed by atoms with Crippen molar-refractivity contribution in [2.24, 2.45) is 0 Å². The Morgan fingerprint density at radius 3 is 2.32 bits per heavy atom. The molecule has 0 unspecified atom stereocenters. The third-order valence-corrected chi connectivity index (χ3v) is 4.23. The average Bonchev–Trinajstić information content (AvgIpc) is 2.84. The van der Waals surface area contributed by atoms with Gasteiger partial charge in [0.1, 0.15) is 5.56 Å². The highest BCUT2D eigenvalue weighted by atomic mass is 19.4. The molecule has 3 aromatic rings. The molecule has 3 nitrogen and oxygen atoms in total. The van der Waals surface area contributed by atoms with Crippen LogP contribution in [-0.2, 0) is 6.18 Å². The van der Waals surface area contributed by atoms with Gasteiger partial charge in [0.05, 0.1) is 11.1 Å². The molecule has 1 heterocycles. The van der Waals surface area contributed by atoms with E-state index in [4.69, 9.17) is 0 Å². The minimum absolute atomic E-state index is 0.0221. The van der Waals surface area contributed by atoms with E-state index in [-0.39, 0.29) is 21.7 Å². The summed E-state index contributed by atoms with van der Waals surface area (Å²) in [6, 6.07) is 15.1. The maximum absolute atomic E-state index is 12.9. The van der Waals surface area contributed by atoms with E-state index in [9.17, 15) is 23.2 Å². The quantitative estimate of drug-likeness (QED) is 0.476. The Morgan fingerprint density at radius 1 is 0.880 bits per heavy atom. The number of benzene rings is 3. The summed E-state index contributed by atoms with van der Waals surface area (Å²) in [5.41, 5.74) is -1.04. The number of ketones is 1. The van der Waals surface area contributed by atoms with Crippen LogP contribution in [0, 0.1) is 5.21 Å². The van der Waals surface area contributed by atoms with Crippen LogP contribution in [0.4, 0.5) is 18.9 Å². The summed E-state index contributed by atoms with van der Waals surface area (Å²) in [4.78, 5) is 12.5. The smallest absolute Gasteiger partial charge is 0.416 e. The summed E-state index contributed by atoms with van der Waals surface area (Å²) in [6.07, 6.45) is -4.58. The van der Waals surface area contributed by atoms with E-state index < -0.39 is 17.5 Å². The Labute approximate surface area is 140 Å². The van der Waals surface area contributed by atoms with Crippen molar-refractivity contribution in [3.8, 4) is 0 Å². The molecular weight excluding hydrogens is 331 g/mol. The molecular formula is C19H10F3NO2. The van der Waals surface area contributed by atoms with Crippen LogP contribution >= 0.6 is 0 Å². The van der Waals surface area contributed by atoms with E-state index in [1.807, 2.05) is 24.3 Å². The van der Waals surface area contributed by atoms with Crippen LogP contribution in [0.1, 0.15) is 21.5 Å². The summed E-state index contributed by atoms with van der Waals surface area (Å²) in [6.45, 7) is 0. The average molecular weight is 341 g/mol. The highest BCUT2D eigenvalue weighted by Crippen LogP contribution is 2.36. The van der Waals surface area contributed by atoms with Gasteiger partial charge in [-0.1, -0.05) is 30.3 Å². The fraction of sp³-hybridized carbons (Fsp3) is 0.0526. The Bertz CT molecular complexity index is 1070. The molecule has 0 fully saturated rings. The Morgan fingerprint density at radius 2 is 1.60 bits per heavy atom. The summed E-state index contributed by atoms with van der Waals surface area (Å²) in [7, 11) is 0. The first-order chi connectivity index (χ1) is 11.9. The number of rotatable bonds is 1. The van der Waals surface area contributed by atoms with Crippen LogP contribution in [0.2, 0.25) is 0 Å². The number of carbonyl (C=O) groups excluding carboxylic acids is 1. The van der Waals surface area contributed by atoms with Crippen LogP contribution in [0.5, 0.6) is 0 Å². The first-order valence-corrected chi connectivity index (χ1v) is 7.45. The van der Waals surface area contributed by atoms with Crippen molar-refractivity contribution >= 4 is 28.0 Å². The van der Waals surface area contributed by atoms with Gasteiger partial charge in [-0.3, -0.25) is 4.79 Å². The normalized spacial score (nSPS) is 14.3. The molecule has 4 rings (SSSR count). The summed E-state index contributed by atoms with van der Waals surface area (Å²) >= 11 is 0. The lowest BCUT2D eigenvalue weighted by Gasteiger charge is -2.07. The van der Waals surface area contributed by atoms with Gasteiger partial charge in [0.2, 0.25) is 5.69 Å². The molecule has 0 bridgehead atoms. The van der Waals surface area contributed by atoms with E-state index in [1.54, 1.807) is 18.2 Å². The second-order valence-corrected chi connectivity index (χ2v) is 5.76. The van der Waals surface area contributed by atoms with Crippen molar-refractivity contribution in [2.75, 3.05) is 0 Å². The van der Waals surface area contributed by atoms with Gasteiger partial charge in [-0.05, 0) is 35.0 Å². The van der Waals surface area contributed by atoms with Gasteiger partial charge >= 0.3 is 6.18 Å². The standard InChI is InChI=1S/C19H10F3NO2/c20-19(21,22)14-7-8-15-16(10-14)23(25)17(18(15)24)13-6-5-11-3-1-2-4-12(11)9-13/h1-10H. The molecule has 0 aromatic heterocycles. The van der Waals surface area contributed by atoms with Gasteiger partial charge in [0.25, 0.3) is 11.5 Å². The number of hydrogen-bond donors (Lipinski definition) is 0. The first-order valence-electron chi connectivity index (χ1n) is 7.45. The summed E-state index contributed by atoms with van der Waals surface area (Å²) < 4.78 is 38.9. The van der Waals surface area contributed by atoms with E-state index in [0.717, 1.165) is 22.9 Å². The molecule has 0 aliphatic carbocycles. The zero-order valence-corrected chi connectivity index (χ0v) is 12.7. The Hall–Kier alpha value is -3.15. The first kappa shape index (κ1) is 15.4. The van der Waals surface area contributed by atoms with Crippen LogP contribution in [0.15, 0.2) is 60.7 Å². The molecule has 0 radical (unpaired) electrons. The Kier molecular flexibility index (Phi) is 3.18. The lowest BCUT2D eigenvalue weighted by Crippen LogP contribution is -2.16. The third-order valence-electron chi connectivity index (χ3n) is 4.23. The second-order valence-electron chi connectivity index (χ2n) is 5.76. The number of hydrogen-bond acceptors (Lipinski definition) is 2. The molecule has 25 heavy (non-hydrogen) atoms. The van der Waals surface area contributed by atoms with Crippen LogP contribution in [-0.4, -0.2) is 16.2 Å². The lowest BCUT2D eigenvalue weighted by molar-refractivity contribution is -0.355. The summed E-state index contributed by atoms with van der Waals surface area (Å²) in [5, 5.41) is 14.3. The van der Waals surface area contributed by atoms with Crippen molar-refractivity contribution in [1.82, 2.24) is 0 Å². The van der Waals surface area contributed by atoms with Crippen molar-refractivity contribution in [3.63, 3.8) is 0 Å². The topological polar surface area (TPSA) is 43.1 Å². The van der Waals surface area contributed by atoms with Crippen molar-refractivity contribution in [2.45, 2.75) is 6.18 Å². The molecule has 0 saturated heterocycles. The lowest BCUT2D eigenvalue weighted by atomic mass is 9.99. The third kappa shape index (κ3) is 2.38. The fourth-order valence-electron chi connectivity index (χ4n) is 2.99. The molecule has 0 saturated carbocycles. The van der Waals surface area contributed by atoms with Crippen LogP contribution < -0.4 is 0 Å². The number of carbonyl (C=O) groups is 1. The maximum atomic E-state index is 12.9. The number of Topliss-reactive ketones (excluding diaryl/α,β-unsaturated/α-hetero) is 1. The minimum atomic E-state index is -4.58. The van der Waals surface area contributed by atoms with Crippen LogP contribution in [0.25, 0.3) is 10.8 Å². The second kappa shape index (κ2) is 5.17. The molecule has 124 valence electrons. The fourth-order valence-corrected chi connectivity index (χ4v) is 2.99. The van der Waals surface area contributed by atoms with E-state index in [2.05, 4.69) is 0 Å². The zero-order valence-electron chi connectivity index (χ0n) is 12.7. The van der Waals surface area contributed by atoms with Gasteiger partial charge in [-0.15, -0.1) is 0 Å². The molecule has 0 spiro atoms. The van der Waals surface area contributed by atoms with Gasteiger partial charge in [0, 0.05) is 6.07 Å². The van der Waals surface area contributed by atoms with Gasteiger partial charge in [-0.25, -0.2) is 0 Å². The molecule has 6 heteroatoms. The molecule has 0 atom stereocenters. The van der Waals surface area contributed by atoms with E-state index >= 15 is 0 Å². The van der Waals surface area contributed by atoms with Crippen LogP contribution in [0.3, 0.4) is 0 Å². The molecule has 0 N–H and O–H groups in total. The Balaban J connectivity index is 1.88. The minimum Gasteiger partial charge on any atom is -0.618 e. The van der Waals surface area contributed by atoms with Gasteiger partial charge in [0.15, 0.2) is 0 Å². The maximum Gasteiger partial charge on any atom is 0.416 e. The van der Waals surface area contributed by atoms with Crippen molar-refractivity contribution in [1.29, 1.82) is 0 Å².